The number of hydrogen-bond donors (Lipinski definition) is 0. The number of nitrogens with zero attached hydrogens (tertiary/aromatic N) is 1. The number of hydrogen-bond acceptors (Lipinski definition) is 1. The van der Waals surface area contributed by atoms with Gasteiger partial charge in [-0.3, -0.25) is 4.99 Å². The van der Waals surface area contributed by atoms with Crippen molar-refractivity contribution >= 4 is 6.21 Å². The Bertz CT molecular complexity index is 283. The Kier molecular flexibility index (Phi) is 3.33. The maximum absolute atomic E-state index is 4.36. The minimum absolute atomic E-state index is 0.756. The van der Waals surface area contributed by atoms with Crippen LogP contribution in [0.5, 0.6) is 0 Å². The lowest BCUT2D eigenvalue weighted by Crippen LogP contribution is -1.93. The predicted octanol–water partition coefficient (Wildman–Crippen LogP) is 2.66. The number of benzene rings is 1. The third kappa shape index (κ3) is 2.69. The van der Waals surface area contributed by atoms with Crippen LogP contribution in [0.1, 0.15) is 5.56 Å². The minimum atomic E-state index is 0.756. The third-order valence-electron chi connectivity index (χ3n) is 2.05. The van der Waals surface area contributed by atoms with Crippen LogP contribution in [0.15, 0.2) is 35.3 Å². The van der Waals surface area contributed by atoms with Gasteiger partial charge >= 0.3 is 0 Å². The Morgan fingerprint density at radius 1 is 1.00 bits per heavy atom. The minimum Gasteiger partial charge on any atom is -0.292 e. The van der Waals surface area contributed by atoms with E-state index in [-0.39, 0.29) is 0 Å². The summed E-state index contributed by atoms with van der Waals surface area (Å²) in [5.41, 5.74) is 1.25. The Morgan fingerprint density at radius 2 is 1.71 bits per heavy atom. The molecule has 1 fully saturated rings. The molecule has 0 saturated heterocycles. The van der Waals surface area contributed by atoms with Gasteiger partial charge in [0.1, 0.15) is 0 Å². The quantitative estimate of drug-likeness (QED) is 0.637. The van der Waals surface area contributed by atoms with Crippen LogP contribution in [-0.4, -0.2) is 6.21 Å². The molecule has 0 aromatic heterocycles. The molecule has 1 aromatic carbocycles. The highest BCUT2D eigenvalue weighted by molar-refractivity contribution is 5.82. The normalized spacial score (nSPS) is 18.0. The van der Waals surface area contributed by atoms with Crippen LogP contribution in [0.4, 0.5) is 0 Å². The standard InChI is InChI=1S/C13H12N/c1-2-6-12(7-3-1)10-14-11-13-8-4-5-9-13/h1-9,11H,10H2. The van der Waals surface area contributed by atoms with Crippen LogP contribution in [-0.2, 0) is 6.54 Å². The Labute approximate surface area is 85.9 Å². The highest BCUT2D eigenvalue weighted by Crippen LogP contribution is 2.20. The molecule has 1 nitrogen and oxygen atoms in total. The molecule has 0 atom stereocenters. The molecule has 1 aliphatic rings. The van der Waals surface area contributed by atoms with Crippen molar-refractivity contribution in [2.75, 3.05) is 0 Å². The van der Waals surface area contributed by atoms with Gasteiger partial charge in [-0.2, -0.15) is 0 Å². The summed E-state index contributed by atoms with van der Waals surface area (Å²) in [7, 11) is 0. The number of aliphatic imine (C=N–C) groups is 1. The zero-order valence-electron chi connectivity index (χ0n) is 7.93. The fraction of sp³-hybridized carbons (Fsp3) is 0.0769. The van der Waals surface area contributed by atoms with Crippen LogP contribution >= 0.6 is 0 Å². The fourth-order valence-corrected chi connectivity index (χ4v) is 1.31. The van der Waals surface area contributed by atoms with Crippen molar-refractivity contribution in [2.24, 2.45) is 4.99 Å². The van der Waals surface area contributed by atoms with Crippen LogP contribution in [0.25, 0.3) is 0 Å². The van der Waals surface area contributed by atoms with E-state index in [2.05, 4.69) is 30.0 Å². The van der Waals surface area contributed by atoms with E-state index in [9.17, 15) is 0 Å². The maximum Gasteiger partial charge on any atom is 0.0636 e. The van der Waals surface area contributed by atoms with Gasteiger partial charge in [0, 0.05) is 12.1 Å². The molecule has 2 rings (SSSR count). The molecule has 0 unspecified atom stereocenters. The third-order valence-corrected chi connectivity index (χ3v) is 2.05. The average molecular weight is 182 g/mol. The molecule has 14 heavy (non-hydrogen) atoms. The van der Waals surface area contributed by atoms with Crippen LogP contribution in [0.3, 0.4) is 0 Å². The SMILES string of the molecule is [CH]1[CH][CH][C](C=NCc2ccccc2)[CH]1. The predicted molar refractivity (Wildman–Crippen MR) is 59.1 cm³/mol. The summed E-state index contributed by atoms with van der Waals surface area (Å²) < 4.78 is 0. The molecule has 0 aliphatic heterocycles. The molecular weight excluding hydrogens is 170 g/mol. The van der Waals surface area contributed by atoms with E-state index in [4.69, 9.17) is 0 Å². The summed E-state index contributed by atoms with van der Waals surface area (Å²) in [6, 6.07) is 10.3. The first kappa shape index (κ1) is 9.45. The second-order valence-corrected chi connectivity index (χ2v) is 3.17. The lowest BCUT2D eigenvalue weighted by molar-refractivity contribution is 1.07. The van der Waals surface area contributed by atoms with Crippen molar-refractivity contribution in [3.05, 3.63) is 67.5 Å². The second kappa shape index (κ2) is 4.94. The van der Waals surface area contributed by atoms with Gasteiger partial charge in [0.05, 0.1) is 6.54 Å². The van der Waals surface area contributed by atoms with Crippen molar-refractivity contribution in [1.29, 1.82) is 0 Å². The van der Waals surface area contributed by atoms with Crippen molar-refractivity contribution in [3.8, 4) is 0 Å². The zero-order chi connectivity index (χ0) is 9.64. The van der Waals surface area contributed by atoms with Gasteiger partial charge in [-0.05, 0) is 31.2 Å². The van der Waals surface area contributed by atoms with Gasteiger partial charge in [-0.25, -0.2) is 0 Å². The van der Waals surface area contributed by atoms with Gasteiger partial charge in [-0.15, -0.1) is 0 Å². The summed E-state index contributed by atoms with van der Waals surface area (Å²) in [6.07, 6.45) is 10.0. The summed E-state index contributed by atoms with van der Waals surface area (Å²) >= 11 is 0. The van der Waals surface area contributed by atoms with Gasteiger partial charge in [0.25, 0.3) is 0 Å². The first-order chi connectivity index (χ1) is 6.95. The van der Waals surface area contributed by atoms with Crippen LogP contribution < -0.4 is 0 Å². The molecule has 0 spiro atoms. The molecule has 0 N–H and O–H groups in total. The largest absolute Gasteiger partial charge is 0.292 e. The smallest absolute Gasteiger partial charge is 0.0636 e. The molecule has 5 radical (unpaired) electrons. The fourth-order valence-electron chi connectivity index (χ4n) is 1.31. The zero-order valence-corrected chi connectivity index (χ0v) is 7.93. The Hall–Kier alpha value is -1.11. The van der Waals surface area contributed by atoms with Gasteiger partial charge < -0.3 is 0 Å². The van der Waals surface area contributed by atoms with E-state index in [0.717, 1.165) is 6.54 Å². The average Bonchev–Trinajstić information content (AvgIpc) is 2.72. The lowest BCUT2D eigenvalue weighted by atomic mass is 10.1. The highest BCUT2D eigenvalue weighted by atomic mass is 14.7. The summed E-state index contributed by atoms with van der Waals surface area (Å²) in [5.74, 6) is 1.17. The van der Waals surface area contributed by atoms with Crippen LogP contribution in [0.2, 0.25) is 0 Å². The van der Waals surface area contributed by atoms with Crippen molar-refractivity contribution in [1.82, 2.24) is 0 Å². The lowest BCUT2D eigenvalue weighted by Gasteiger charge is -1.98. The van der Waals surface area contributed by atoms with Gasteiger partial charge in [-0.1, -0.05) is 30.3 Å². The van der Waals surface area contributed by atoms with E-state index in [1.807, 2.05) is 37.3 Å². The molecule has 1 heteroatoms. The van der Waals surface area contributed by atoms with Crippen LogP contribution in [0, 0.1) is 31.6 Å². The first-order valence-electron chi connectivity index (χ1n) is 4.70. The topological polar surface area (TPSA) is 12.4 Å². The molecule has 1 aromatic rings. The van der Waals surface area contributed by atoms with Gasteiger partial charge in [0.15, 0.2) is 0 Å². The van der Waals surface area contributed by atoms with Crippen molar-refractivity contribution in [3.63, 3.8) is 0 Å². The monoisotopic (exact) mass is 182 g/mol. The Balaban J connectivity index is 1.81. The first-order valence-corrected chi connectivity index (χ1v) is 4.70. The molecule has 1 aliphatic carbocycles. The summed E-state index contributed by atoms with van der Waals surface area (Å²) in [6.45, 7) is 0.756. The Morgan fingerprint density at radius 3 is 2.43 bits per heavy atom. The van der Waals surface area contributed by atoms with Crippen molar-refractivity contribution in [2.45, 2.75) is 6.54 Å². The van der Waals surface area contributed by atoms with E-state index >= 15 is 0 Å². The van der Waals surface area contributed by atoms with Gasteiger partial charge in [0.2, 0.25) is 0 Å². The van der Waals surface area contributed by atoms with E-state index < -0.39 is 0 Å². The molecule has 69 valence electrons. The molecule has 0 amide bonds. The van der Waals surface area contributed by atoms with E-state index in [1.54, 1.807) is 0 Å². The summed E-state index contributed by atoms with van der Waals surface area (Å²) in [4.78, 5) is 4.36. The molecular formula is C13H12N. The molecule has 0 heterocycles. The summed E-state index contributed by atoms with van der Waals surface area (Å²) in [5, 5.41) is 0. The molecule has 1 saturated carbocycles. The van der Waals surface area contributed by atoms with E-state index in [0.29, 0.717) is 0 Å². The number of rotatable bonds is 3. The maximum atomic E-state index is 4.36. The van der Waals surface area contributed by atoms with Crippen molar-refractivity contribution < 1.29 is 0 Å². The highest BCUT2D eigenvalue weighted by Gasteiger charge is 2.13. The van der Waals surface area contributed by atoms with E-state index in [1.165, 1.54) is 11.5 Å². The molecule has 0 bridgehead atoms. The second-order valence-electron chi connectivity index (χ2n) is 3.17.